The van der Waals surface area contributed by atoms with Gasteiger partial charge >= 0.3 is 0 Å². The summed E-state index contributed by atoms with van der Waals surface area (Å²) in [5, 5.41) is 14.1. The van der Waals surface area contributed by atoms with Gasteiger partial charge < -0.3 is 15.2 Å². The molecule has 0 bridgehead atoms. The van der Waals surface area contributed by atoms with Crippen LogP contribution in [0.5, 0.6) is 0 Å². The number of carbonyl (C=O) groups excluding carboxylic acids is 1. The summed E-state index contributed by atoms with van der Waals surface area (Å²) in [5.74, 6) is -0.0185. The van der Waals surface area contributed by atoms with Crippen LogP contribution in [0.3, 0.4) is 0 Å². The van der Waals surface area contributed by atoms with Crippen molar-refractivity contribution in [1.82, 2.24) is 9.97 Å². The number of nitrogens with one attached hydrogen (secondary N) is 2. The number of hydrogen-bond acceptors (Lipinski definition) is 6. The Bertz CT molecular complexity index is 1230. The molecule has 9 nitrogen and oxygen atoms in total. The van der Waals surface area contributed by atoms with Crippen LogP contribution in [0.4, 0.5) is 17.1 Å². The van der Waals surface area contributed by atoms with Crippen molar-refractivity contribution in [2.45, 2.75) is 26.2 Å². The van der Waals surface area contributed by atoms with Crippen molar-refractivity contribution < 1.29 is 9.72 Å². The maximum Gasteiger partial charge on any atom is 0.270 e. The molecule has 32 heavy (non-hydrogen) atoms. The second-order valence-electron chi connectivity index (χ2n) is 7.63. The zero-order valence-corrected chi connectivity index (χ0v) is 17.6. The minimum absolute atomic E-state index is 0.134. The van der Waals surface area contributed by atoms with Gasteiger partial charge in [0.15, 0.2) is 0 Å². The van der Waals surface area contributed by atoms with Crippen LogP contribution in [0.15, 0.2) is 53.3 Å². The highest BCUT2D eigenvalue weighted by Gasteiger charge is 2.22. The maximum atomic E-state index is 13.1. The molecule has 0 unspecified atom stereocenters. The minimum atomic E-state index is -0.506. The number of amides is 1. The molecule has 1 saturated heterocycles. The Hall–Kier alpha value is -4.01. The fraction of sp³-hybridized carbons (Fsp3) is 0.261. The lowest BCUT2D eigenvalue weighted by atomic mass is 10.1. The molecule has 1 aliphatic heterocycles. The highest BCUT2D eigenvalue weighted by molar-refractivity contribution is 6.08. The largest absolute Gasteiger partial charge is 0.371 e. The Labute approximate surface area is 184 Å². The molecule has 1 aliphatic rings. The fourth-order valence-corrected chi connectivity index (χ4v) is 3.82. The van der Waals surface area contributed by atoms with E-state index in [4.69, 9.17) is 0 Å². The smallest absolute Gasteiger partial charge is 0.270 e. The molecule has 0 saturated carbocycles. The summed E-state index contributed by atoms with van der Waals surface area (Å²) in [5.41, 5.74) is 2.38. The summed E-state index contributed by atoms with van der Waals surface area (Å²) in [7, 11) is 0. The summed E-state index contributed by atoms with van der Waals surface area (Å²) < 4.78 is 0. The van der Waals surface area contributed by atoms with Crippen molar-refractivity contribution in [3.8, 4) is 11.4 Å². The monoisotopic (exact) mass is 433 g/mol. The third kappa shape index (κ3) is 4.51. The van der Waals surface area contributed by atoms with E-state index in [0.29, 0.717) is 34.9 Å². The summed E-state index contributed by atoms with van der Waals surface area (Å²) in [6, 6.07) is 12.8. The minimum Gasteiger partial charge on any atom is -0.371 e. The summed E-state index contributed by atoms with van der Waals surface area (Å²) >= 11 is 0. The van der Waals surface area contributed by atoms with Gasteiger partial charge in [-0.1, -0.05) is 19.1 Å². The van der Waals surface area contributed by atoms with Crippen molar-refractivity contribution in [2.75, 3.05) is 23.3 Å². The SMILES string of the molecule is CCc1cc(=O)[nH]c(-c2cccc(NC(=O)c3cc([N+](=O)[O-])ccc3N3CCCC3)c2)n1. The second kappa shape index (κ2) is 9.01. The normalized spacial score (nSPS) is 13.2. The lowest BCUT2D eigenvalue weighted by molar-refractivity contribution is -0.384. The average molecular weight is 433 g/mol. The van der Waals surface area contributed by atoms with E-state index in [1.54, 1.807) is 30.3 Å². The number of nitro benzene ring substituents is 1. The molecule has 164 valence electrons. The molecular weight excluding hydrogens is 410 g/mol. The van der Waals surface area contributed by atoms with Gasteiger partial charge in [0.2, 0.25) is 0 Å². The standard InChI is InChI=1S/C23H23N5O4/c1-2-16-13-21(29)26-22(24-16)15-6-5-7-17(12-15)25-23(30)19-14-18(28(31)32)8-9-20(19)27-10-3-4-11-27/h5-9,12-14H,2-4,10-11H2,1H3,(H,25,30)(H,24,26,29). The predicted molar refractivity (Wildman–Crippen MR) is 122 cm³/mol. The number of aromatic amines is 1. The molecule has 0 radical (unpaired) electrons. The van der Waals surface area contributed by atoms with E-state index >= 15 is 0 Å². The van der Waals surface area contributed by atoms with E-state index in [1.807, 2.05) is 6.92 Å². The fourth-order valence-electron chi connectivity index (χ4n) is 3.82. The van der Waals surface area contributed by atoms with Crippen LogP contribution in [-0.4, -0.2) is 33.9 Å². The quantitative estimate of drug-likeness (QED) is 0.451. The highest BCUT2D eigenvalue weighted by atomic mass is 16.6. The van der Waals surface area contributed by atoms with Crippen LogP contribution in [0.2, 0.25) is 0 Å². The zero-order valence-electron chi connectivity index (χ0n) is 17.6. The molecule has 9 heteroatoms. The molecule has 3 aromatic rings. The van der Waals surface area contributed by atoms with E-state index < -0.39 is 10.8 Å². The Morgan fingerprint density at radius 1 is 1.19 bits per heavy atom. The Balaban J connectivity index is 1.65. The number of rotatable bonds is 6. The summed E-state index contributed by atoms with van der Waals surface area (Å²) in [6.45, 7) is 3.53. The third-order valence-electron chi connectivity index (χ3n) is 5.43. The van der Waals surface area contributed by atoms with Crippen LogP contribution in [0.25, 0.3) is 11.4 Å². The zero-order chi connectivity index (χ0) is 22.7. The molecule has 4 rings (SSSR count). The second-order valence-corrected chi connectivity index (χ2v) is 7.63. The first-order chi connectivity index (χ1) is 15.4. The van der Waals surface area contributed by atoms with Gasteiger partial charge in [-0.3, -0.25) is 19.7 Å². The predicted octanol–water partition coefficient (Wildman–Crippen LogP) is 3.76. The van der Waals surface area contributed by atoms with E-state index in [-0.39, 0.29) is 16.8 Å². The number of aryl methyl sites for hydroxylation is 1. The number of anilines is 2. The van der Waals surface area contributed by atoms with Gasteiger partial charge in [0.1, 0.15) is 5.82 Å². The van der Waals surface area contributed by atoms with Crippen molar-refractivity contribution in [2.24, 2.45) is 0 Å². The number of nitrogens with zero attached hydrogens (tertiary/aromatic N) is 3. The van der Waals surface area contributed by atoms with E-state index in [9.17, 15) is 19.7 Å². The molecule has 2 heterocycles. The first-order valence-electron chi connectivity index (χ1n) is 10.5. The van der Waals surface area contributed by atoms with Crippen molar-refractivity contribution in [3.05, 3.63) is 80.3 Å². The van der Waals surface area contributed by atoms with Gasteiger partial charge in [0.25, 0.3) is 17.2 Å². The lowest BCUT2D eigenvalue weighted by Crippen LogP contribution is -2.23. The Kier molecular flexibility index (Phi) is 5.98. The molecule has 0 spiro atoms. The molecular formula is C23H23N5O4. The Morgan fingerprint density at radius 2 is 1.97 bits per heavy atom. The van der Waals surface area contributed by atoms with E-state index in [1.165, 1.54) is 18.2 Å². The van der Waals surface area contributed by atoms with Crippen LogP contribution in [0.1, 0.15) is 35.8 Å². The molecule has 0 aliphatic carbocycles. The number of non-ortho nitro benzene ring substituents is 1. The van der Waals surface area contributed by atoms with Crippen molar-refractivity contribution in [1.29, 1.82) is 0 Å². The number of benzene rings is 2. The molecule has 1 fully saturated rings. The van der Waals surface area contributed by atoms with Crippen LogP contribution >= 0.6 is 0 Å². The van der Waals surface area contributed by atoms with Crippen molar-refractivity contribution in [3.63, 3.8) is 0 Å². The molecule has 2 N–H and O–H groups in total. The summed E-state index contributed by atoms with van der Waals surface area (Å²) in [4.78, 5) is 45.1. The first-order valence-corrected chi connectivity index (χ1v) is 10.5. The Morgan fingerprint density at radius 3 is 2.69 bits per heavy atom. The first kappa shape index (κ1) is 21.2. The van der Waals surface area contributed by atoms with E-state index in [0.717, 1.165) is 25.9 Å². The van der Waals surface area contributed by atoms with Crippen LogP contribution in [-0.2, 0) is 6.42 Å². The molecule has 1 aromatic heterocycles. The van der Waals surface area contributed by atoms with Crippen LogP contribution in [0, 0.1) is 10.1 Å². The topological polar surface area (TPSA) is 121 Å². The molecule has 2 aromatic carbocycles. The summed E-state index contributed by atoms with van der Waals surface area (Å²) in [6.07, 6.45) is 2.66. The number of H-pyrrole nitrogens is 1. The number of carbonyl (C=O) groups is 1. The molecule has 0 atom stereocenters. The third-order valence-corrected chi connectivity index (χ3v) is 5.43. The number of hydrogen-bond donors (Lipinski definition) is 2. The number of nitro groups is 1. The van der Waals surface area contributed by atoms with Gasteiger partial charge in [-0.15, -0.1) is 0 Å². The average Bonchev–Trinajstić information content (AvgIpc) is 3.33. The van der Waals surface area contributed by atoms with Gasteiger partial charge in [0, 0.05) is 48.2 Å². The number of aromatic nitrogens is 2. The van der Waals surface area contributed by atoms with Crippen molar-refractivity contribution >= 4 is 23.0 Å². The van der Waals surface area contributed by atoms with Gasteiger partial charge in [-0.25, -0.2) is 4.98 Å². The van der Waals surface area contributed by atoms with Gasteiger partial charge in [0.05, 0.1) is 16.2 Å². The lowest BCUT2D eigenvalue weighted by Gasteiger charge is -2.21. The molecule has 1 amide bonds. The van der Waals surface area contributed by atoms with Crippen LogP contribution < -0.4 is 15.8 Å². The van der Waals surface area contributed by atoms with Gasteiger partial charge in [-0.2, -0.15) is 0 Å². The van der Waals surface area contributed by atoms with Gasteiger partial charge in [-0.05, 0) is 37.5 Å². The highest BCUT2D eigenvalue weighted by Crippen LogP contribution is 2.29. The van der Waals surface area contributed by atoms with E-state index in [2.05, 4.69) is 20.2 Å². The maximum absolute atomic E-state index is 13.1.